The zero-order valence-corrected chi connectivity index (χ0v) is 12.2. The van der Waals surface area contributed by atoms with Gasteiger partial charge >= 0.3 is 5.97 Å². The molecule has 20 heavy (non-hydrogen) atoms. The van der Waals surface area contributed by atoms with Crippen LogP contribution in [0.5, 0.6) is 0 Å². The second kappa shape index (κ2) is 6.33. The highest BCUT2D eigenvalue weighted by Crippen LogP contribution is 2.25. The smallest absolute Gasteiger partial charge is 0.326 e. The van der Waals surface area contributed by atoms with E-state index < -0.39 is 35.9 Å². The predicted molar refractivity (Wildman–Crippen MR) is 70.9 cm³/mol. The van der Waals surface area contributed by atoms with E-state index in [4.69, 9.17) is 5.11 Å². The highest BCUT2D eigenvalue weighted by atomic mass is 19.1. The molecule has 114 valence electrons. The van der Waals surface area contributed by atoms with E-state index in [1.54, 1.807) is 20.8 Å². The van der Waals surface area contributed by atoms with Gasteiger partial charge in [-0.05, 0) is 12.8 Å². The van der Waals surface area contributed by atoms with Crippen molar-refractivity contribution in [1.29, 1.82) is 0 Å². The third-order valence-electron chi connectivity index (χ3n) is 3.58. The molecule has 5 nitrogen and oxygen atoms in total. The van der Waals surface area contributed by atoms with Gasteiger partial charge in [-0.1, -0.05) is 20.8 Å². The molecule has 1 amide bonds. The topological polar surface area (TPSA) is 74.7 Å². The van der Waals surface area contributed by atoms with E-state index in [0.29, 0.717) is 19.4 Å². The molecule has 0 aromatic rings. The summed E-state index contributed by atoms with van der Waals surface area (Å²) in [6.07, 6.45) is 0.779. The molecule has 0 aromatic carbocycles. The Labute approximate surface area is 118 Å². The minimum absolute atomic E-state index is 0.254. The van der Waals surface area contributed by atoms with Gasteiger partial charge in [-0.2, -0.15) is 0 Å². The van der Waals surface area contributed by atoms with Crippen molar-refractivity contribution in [3.05, 3.63) is 0 Å². The number of carboxylic acid groups (broad SMARTS) is 1. The van der Waals surface area contributed by atoms with Crippen LogP contribution in [0.25, 0.3) is 0 Å². The molecule has 0 aromatic heterocycles. The number of hydrogen-bond acceptors (Lipinski definition) is 3. The molecule has 1 fully saturated rings. The van der Waals surface area contributed by atoms with Gasteiger partial charge in [0, 0.05) is 18.4 Å². The lowest BCUT2D eigenvalue weighted by molar-refractivity contribution is -0.149. The molecular weight excluding hydrogens is 265 g/mol. The first-order chi connectivity index (χ1) is 9.18. The molecular formula is C14H22FNO4. The van der Waals surface area contributed by atoms with Crippen LogP contribution < -0.4 is 0 Å². The van der Waals surface area contributed by atoms with Gasteiger partial charge in [0.2, 0.25) is 5.91 Å². The van der Waals surface area contributed by atoms with Crippen molar-refractivity contribution in [3.63, 3.8) is 0 Å². The standard InChI is InChI=1S/C14H22FNO4/c1-14(2,3)12(18)9(8-15)7-11(17)16-6-4-5-10(16)13(19)20/h9-10H,4-8H2,1-3H3,(H,19,20)/t9?,10-/m0/s1. The van der Waals surface area contributed by atoms with Crippen LogP contribution in [0.3, 0.4) is 0 Å². The first-order valence-electron chi connectivity index (χ1n) is 6.81. The lowest BCUT2D eigenvalue weighted by Crippen LogP contribution is -2.42. The van der Waals surface area contributed by atoms with Crippen LogP contribution in [0.1, 0.15) is 40.0 Å². The van der Waals surface area contributed by atoms with Crippen molar-refractivity contribution in [2.24, 2.45) is 11.3 Å². The van der Waals surface area contributed by atoms with Crippen LogP contribution >= 0.6 is 0 Å². The number of halogens is 1. The molecule has 6 heteroatoms. The van der Waals surface area contributed by atoms with Crippen LogP contribution in [0.4, 0.5) is 4.39 Å². The summed E-state index contributed by atoms with van der Waals surface area (Å²) in [5.74, 6) is -2.79. The minimum atomic E-state index is -1.05. The second-order valence-electron chi connectivity index (χ2n) is 6.25. The summed E-state index contributed by atoms with van der Waals surface area (Å²) in [5, 5.41) is 9.03. The summed E-state index contributed by atoms with van der Waals surface area (Å²) in [6, 6.07) is -0.840. The Hall–Kier alpha value is -1.46. The summed E-state index contributed by atoms with van der Waals surface area (Å²) in [4.78, 5) is 36.4. The third-order valence-corrected chi connectivity index (χ3v) is 3.58. The number of carboxylic acids is 1. The average molecular weight is 287 g/mol. The molecule has 0 saturated carbocycles. The lowest BCUT2D eigenvalue weighted by Gasteiger charge is -2.26. The highest BCUT2D eigenvalue weighted by Gasteiger charge is 2.37. The fourth-order valence-electron chi connectivity index (χ4n) is 2.48. The third kappa shape index (κ3) is 3.77. The number of amides is 1. The fraction of sp³-hybridized carbons (Fsp3) is 0.786. The van der Waals surface area contributed by atoms with Gasteiger partial charge in [0.15, 0.2) is 0 Å². The minimum Gasteiger partial charge on any atom is -0.480 e. The van der Waals surface area contributed by atoms with Crippen LogP contribution in [0.15, 0.2) is 0 Å². The summed E-state index contributed by atoms with van der Waals surface area (Å²) in [5.41, 5.74) is -0.714. The fourth-order valence-corrected chi connectivity index (χ4v) is 2.48. The van der Waals surface area contributed by atoms with Gasteiger partial charge in [-0.3, -0.25) is 14.0 Å². The molecule has 0 spiro atoms. The largest absolute Gasteiger partial charge is 0.480 e. The second-order valence-corrected chi connectivity index (χ2v) is 6.25. The zero-order chi connectivity index (χ0) is 15.5. The number of likely N-dealkylation sites (tertiary alicyclic amines) is 1. The molecule has 1 heterocycles. The van der Waals surface area contributed by atoms with Crippen LogP contribution in [-0.2, 0) is 14.4 Å². The van der Waals surface area contributed by atoms with Gasteiger partial charge in [0.1, 0.15) is 11.8 Å². The Morgan fingerprint density at radius 1 is 1.35 bits per heavy atom. The van der Waals surface area contributed by atoms with E-state index in [1.807, 2.05) is 0 Å². The monoisotopic (exact) mass is 287 g/mol. The SMILES string of the molecule is CC(C)(C)C(=O)C(CF)CC(=O)N1CCC[C@H]1C(=O)O. The highest BCUT2D eigenvalue weighted by molar-refractivity contribution is 5.91. The Balaban J connectivity index is 2.73. The number of carbonyl (C=O) groups is 3. The number of rotatable bonds is 5. The first kappa shape index (κ1) is 16.6. The maximum atomic E-state index is 13.0. The zero-order valence-electron chi connectivity index (χ0n) is 12.2. The number of hydrogen-bond donors (Lipinski definition) is 1. The molecule has 1 aliphatic heterocycles. The van der Waals surface area contributed by atoms with E-state index in [2.05, 4.69) is 0 Å². The summed E-state index contributed by atoms with van der Waals surface area (Å²) >= 11 is 0. The van der Waals surface area contributed by atoms with E-state index in [1.165, 1.54) is 4.90 Å². The number of nitrogens with zero attached hydrogens (tertiary/aromatic N) is 1. The van der Waals surface area contributed by atoms with Crippen molar-refractivity contribution < 1.29 is 23.9 Å². The Kier molecular flexibility index (Phi) is 5.25. The predicted octanol–water partition coefficient (Wildman–Crippen LogP) is 1.65. The maximum Gasteiger partial charge on any atom is 0.326 e. The van der Waals surface area contributed by atoms with Crippen molar-refractivity contribution in [1.82, 2.24) is 4.90 Å². The Bertz CT molecular complexity index is 402. The number of Topliss-reactive ketones (excluding diaryl/α,β-unsaturated/α-hetero) is 1. The lowest BCUT2D eigenvalue weighted by atomic mass is 9.82. The number of aliphatic carboxylic acids is 1. The van der Waals surface area contributed by atoms with Gasteiger partial charge in [-0.15, -0.1) is 0 Å². The van der Waals surface area contributed by atoms with Gasteiger partial charge in [0.05, 0.1) is 12.6 Å². The first-order valence-corrected chi connectivity index (χ1v) is 6.81. The summed E-state index contributed by atoms with van der Waals surface area (Å²) < 4.78 is 13.0. The van der Waals surface area contributed by atoms with Crippen LogP contribution in [-0.4, -0.2) is 46.9 Å². The van der Waals surface area contributed by atoms with E-state index in [9.17, 15) is 18.8 Å². The van der Waals surface area contributed by atoms with E-state index >= 15 is 0 Å². The van der Waals surface area contributed by atoms with Crippen LogP contribution in [0, 0.1) is 11.3 Å². The quantitative estimate of drug-likeness (QED) is 0.834. The molecule has 0 aliphatic carbocycles. The molecule has 1 aliphatic rings. The van der Waals surface area contributed by atoms with Crippen molar-refractivity contribution in [3.8, 4) is 0 Å². The number of ketones is 1. The Morgan fingerprint density at radius 3 is 2.40 bits per heavy atom. The maximum absolute atomic E-state index is 13.0. The number of carbonyl (C=O) groups excluding carboxylic acids is 2. The molecule has 1 saturated heterocycles. The van der Waals surface area contributed by atoms with E-state index in [0.717, 1.165) is 0 Å². The molecule has 0 radical (unpaired) electrons. The van der Waals surface area contributed by atoms with Crippen LogP contribution in [0.2, 0.25) is 0 Å². The average Bonchev–Trinajstić information content (AvgIpc) is 2.82. The summed E-state index contributed by atoms with van der Waals surface area (Å²) in [7, 11) is 0. The van der Waals surface area contributed by atoms with Crippen molar-refractivity contribution in [2.75, 3.05) is 13.2 Å². The van der Waals surface area contributed by atoms with Crippen molar-refractivity contribution >= 4 is 17.7 Å². The van der Waals surface area contributed by atoms with Gasteiger partial charge < -0.3 is 10.0 Å². The normalized spacial score (nSPS) is 20.8. The van der Waals surface area contributed by atoms with Gasteiger partial charge in [-0.25, -0.2) is 4.79 Å². The van der Waals surface area contributed by atoms with Crippen molar-refractivity contribution in [2.45, 2.75) is 46.1 Å². The molecule has 1 rings (SSSR count). The molecule has 1 N–H and O–H groups in total. The molecule has 0 bridgehead atoms. The number of alkyl halides is 1. The molecule has 2 atom stereocenters. The van der Waals surface area contributed by atoms with E-state index in [-0.39, 0.29) is 12.2 Å². The summed E-state index contributed by atoms with van der Waals surface area (Å²) in [6.45, 7) is 4.50. The van der Waals surface area contributed by atoms with Gasteiger partial charge in [0.25, 0.3) is 0 Å². The Morgan fingerprint density at radius 2 is 1.95 bits per heavy atom. The molecule has 1 unspecified atom stereocenters.